The molecule has 2 atom stereocenters. The largest absolute Gasteiger partial charge is 0.382 e. The van der Waals surface area contributed by atoms with Gasteiger partial charge in [0, 0.05) is 13.7 Å². The summed E-state index contributed by atoms with van der Waals surface area (Å²) < 4.78 is 15.8. The third kappa shape index (κ3) is 6.21. The van der Waals surface area contributed by atoms with Gasteiger partial charge < -0.3 is 14.2 Å². The summed E-state index contributed by atoms with van der Waals surface area (Å²) in [5.41, 5.74) is -0.143. The quantitative estimate of drug-likeness (QED) is 0.578. The number of nitriles is 1. The number of methoxy groups -OCH3 is 1. The molecule has 0 N–H and O–H groups in total. The topological polar surface area (TPSA) is 51.5 Å². The van der Waals surface area contributed by atoms with Crippen molar-refractivity contribution in [1.29, 1.82) is 5.26 Å². The van der Waals surface area contributed by atoms with Gasteiger partial charge in [0.15, 0.2) is 0 Å². The van der Waals surface area contributed by atoms with Crippen molar-refractivity contribution < 1.29 is 14.2 Å². The zero-order chi connectivity index (χ0) is 14.7. The molecule has 0 spiro atoms. The van der Waals surface area contributed by atoms with Crippen molar-refractivity contribution in [2.45, 2.75) is 45.4 Å². The fraction of sp³-hybridized carbons (Fsp3) is 0.938. The van der Waals surface area contributed by atoms with Crippen LogP contribution in [-0.2, 0) is 14.2 Å². The van der Waals surface area contributed by atoms with E-state index in [1.54, 1.807) is 7.11 Å². The van der Waals surface area contributed by atoms with E-state index >= 15 is 0 Å². The molecule has 0 aromatic rings. The Morgan fingerprint density at radius 1 is 1.15 bits per heavy atom. The summed E-state index contributed by atoms with van der Waals surface area (Å²) in [6.07, 6.45) is 6.61. The number of hydrogen-bond acceptors (Lipinski definition) is 4. The van der Waals surface area contributed by atoms with Crippen molar-refractivity contribution in [3.8, 4) is 6.07 Å². The van der Waals surface area contributed by atoms with Crippen LogP contribution in [0, 0.1) is 22.7 Å². The van der Waals surface area contributed by atoms with E-state index in [0.29, 0.717) is 33.0 Å². The van der Waals surface area contributed by atoms with Gasteiger partial charge in [-0.2, -0.15) is 5.26 Å². The lowest BCUT2D eigenvalue weighted by atomic mass is 9.68. The Balaban J connectivity index is 2.14. The highest BCUT2D eigenvalue weighted by Crippen LogP contribution is 2.42. The summed E-state index contributed by atoms with van der Waals surface area (Å²) in [6.45, 7) is 5.32. The van der Waals surface area contributed by atoms with Crippen LogP contribution in [0.4, 0.5) is 0 Å². The summed E-state index contributed by atoms with van der Waals surface area (Å²) in [6, 6.07) is 2.57. The number of hydrogen-bond donors (Lipinski definition) is 0. The Bertz CT molecular complexity index is 290. The predicted octanol–water partition coefficient (Wildman–Crippen LogP) is 3.17. The van der Waals surface area contributed by atoms with E-state index in [1.165, 1.54) is 19.3 Å². The molecule has 1 rings (SSSR count). The van der Waals surface area contributed by atoms with Crippen molar-refractivity contribution in [2.24, 2.45) is 11.3 Å². The molecule has 0 aromatic heterocycles. The number of rotatable bonds is 10. The zero-order valence-electron chi connectivity index (χ0n) is 13.0. The molecule has 0 bridgehead atoms. The maximum absolute atomic E-state index is 9.51. The highest BCUT2D eigenvalue weighted by Gasteiger charge is 2.35. The molecule has 4 nitrogen and oxygen atoms in total. The van der Waals surface area contributed by atoms with E-state index in [9.17, 15) is 5.26 Å². The van der Waals surface area contributed by atoms with Crippen molar-refractivity contribution in [2.75, 3.05) is 40.1 Å². The van der Waals surface area contributed by atoms with Crippen molar-refractivity contribution in [1.82, 2.24) is 0 Å². The van der Waals surface area contributed by atoms with Gasteiger partial charge in [-0.3, -0.25) is 0 Å². The van der Waals surface area contributed by atoms with Crippen LogP contribution < -0.4 is 0 Å². The van der Waals surface area contributed by atoms with Gasteiger partial charge in [-0.1, -0.05) is 26.2 Å². The van der Waals surface area contributed by atoms with Gasteiger partial charge in [0.25, 0.3) is 0 Å². The minimum atomic E-state index is -0.143. The Labute approximate surface area is 123 Å². The van der Waals surface area contributed by atoms with Crippen LogP contribution in [0.2, 0.25) is 0 Å². The molecule has 20 heavy (non-hydrogen) atoms. The summed E-state index contributed by atoms with van der Waals surface area (Å²) in [5.74, 6) is 0.723. The maximum Gasteiger partial charge on any atom is 0.0701 e. The average molecular weight is 283 g/mol. The second-order valence-corrected chi connectivity index (χ2v) is 5.73. The Hall–Kier alpha value is -0.630. The zero-order valence-corrected chi connectivity index (χ0v) is 13.0. The van der Waals surface area contributed by atoms with Crippen molar-refractivity contribution in [3.05, 3.63) is 0 Å². The van der Waals surface area contributed by atoms with Gasteiger partial charge in [0.1, 0.15) is 0 Å². The highest BCUT2D eigenvalue weighted by molar-refractivity contribution is 5.01. The minimum Gasteiger partial charge on any atom is -0.382 e. The van der Waals surface area contributed by atoms with Crippen LogP contribution >= 0.6 is 0 Å². The van der Waals surface area contributed by atoms with E-state index in [2.05, 4.69) is 13.0 Å². The lowest BCUT2D eigenvalue weighted by molar-refractivity contribution is 0.0158. The predicted molar refractivity (Wildman–Crippen MR) is 78.4 cm³/mol. The Morgan fingerprint density at radius 3 is 2.50 bits per heavy atom. The molecule has 1 aliphatic carbocycles. The standard InChI is InChI=1S/C16H29NO3/c1-3-15-5-4-6-16(13-15,14-17)7-8-19-11-12-20-10-9-18-2/h15H,3-13H2,1-2H3. The second-order valence-electron chi connectivity index (χ2n) is 5.73. The minimum absolute atomic E-state index is 0.143. The van der Waals surface area contributed by atoms with Gasteiger partial charge in [-0.15, -0.1) is 0 Å². The molecule has 2 unspecified atom stereocenters. The van der Waals surface area contributed by atoms with E-state index in [4.69, 9.17) is 14.2 Å². The van der Waals surface area contributed by atoms with E-state index in [0.717, 1.165) is 25.2 Å². The summed E-state index contributed by atoms with van der Waals surface area (Å²) >= 11 is 0. The molecule has 0 heterocycles. The molecule has 4 heteroatoms. The van der Waals surface area contributed by atoms with Crippen molar-refractivity contribution >= 4 is 0 Å². The summed E-state index contributed by atoms with van der Waals surface area (Å²) in [7, 11) is 1.66. The highest BCUT2D eigenvalue weighted by atomic mass is 16.5. The molecule has 0 aliphatic heterocycles. The molecule has 0 amide bonds. The fourth-order valence-electron chi connectivity index (χ4n) is 2.95. The summed E-state index contributed by atoms with van der Waals surface area (Å²) in [4.78, 5) is 0. The molecular weight excluding hydrogens is 254 g/mol. The smallest absolute Gasteiger partial charge is 0.0701 e. The lowest BCUT2D eigenvalue weighted by Crippen LogP contribution is -2.28. The van der Waals surface area contributed by atoms with E-state index in [1.807, 2.05) is 0 Å². The van der Waals surface area contributed by atoms with Crippen LogP contribution in [0.15, 0.2) is 0 Å². The summed E-state index contributed by atoms with van der Waals surface area (Å²) in [5, 5.41) is 9.51. The van der Waals surface area contributed by atoms with Crippen LogP contribution in [0.25, 0.3) is 0 Å². The first kappa shape index (κ1) is 17.4. The van der Waals surface area contributed by atoms with Gasteiger partial charge in [-0.05, 0) is 25.2 Å². The van der Waals surface area contributed by atoms with Crippen LogP contribution in [-0.4, -0.2) is 40.1 Å². The van der Waals surface area contributed by atoms with E-state index < -0.39 is 0 Å². The Kier molecular flexibility index (Phi) is 8.84. The molecule has 116 valence electrons. The maximum atomic E-state index is 9.51. The first-order chi connectivity index (χ1) is 9.76. The van der Waals surface area contributed by atoms with Crippen LogP contribution in [0.3, 0.4) is 0 Å². The molecule has 1 fully saturated rings. The normalized spacial score (nSPS) is 26.4. The molecular formula is C16H29NO3. The first-order valence-electron chi connectivity index (χ1n) is 7.82. The van der Waals surface area contributed by atoms with Crippen LogP contribution in [0.5, 0.6) is 0 Å². The average Bonchev–Trinajstić information content (AvgIpc) is 2.50. The molecule has 1 saturated carbocycles. The van der Waals surface area contributed by atoms with Crippen molar-refractivity contribution in [3.63, 3.8) is 0 Å². The Morgan fingerprint density at radius 2 is 1.85 bits per heavy atom. The van der Waals surface area contributed by atoms with E-state index in [-0.39, 0.29) is 5.41 Å². The third-order valence-electron chi connectivity index (χ3n) is 4.29. The van der Waals surface area contributed by atoms with Gasteiger partial charge in [0.2, 0.25) is 0 Å². The lowest BCUT2D eigenvalue weighted by Gasteiger charge is -2.35. The van der Waals surface area contributed by atoms with Crippen LogP contribution in [0.1, 0.15) is 45.4 Å². The molecule has 0 aromatic carbocycles. The van der Waals surface area contributed by atoms with Gasteiger partial charge in [0.05, 0.1) is 37.9 Å². The molecule has 0 saturated heterocycles. The SMILES string of the molecule is CCC1CCCC(C#N)(CCOCCOCCOC)C1. The molecule has 0 radical (unpaired) electrons. The monoisotopic (exact) mass is 283 g/mol. The van der Waals surface area contributed by atoms with Gasteiger partial charge in [-0.25, -0.2) is 0 Å². The van der Waals surface area contributed by atoms with Gasteiger partial charge >= 0.3 is 0 Å². The fourth-order valence-corrected chi connectivity index (χ4v) is 2.95. The number of nitrogens with zero attached hydrogens (tertiary/aromatic N) is 1. The number of ether oxygens (including phenoxy) is 3. The third-order valence-corrected chi connectivity index (χ3v) is 4.29. The first-order valence-corrected chi connectivity index (χ1v) is 7.82. The second kappa shape index (κ2) is 10.1. The molecule has 1 aliphatic rings.